The summed E-state index contributed by atoms with van der Waals surface area (Å²) in [7, 11) is 0. The molecule has 5 heteroatoms. The van der Waals surface area contributed by atoms with E-state index >= 15 is 0 Å². The van der Waals surface area contributed by atoms with Crippen LogP contribution in [0.15, 0.2) is 29.8 Å². The van der Waals surface area contributed by atoms with E-state index in [9.17, 15) is 4.79 Å². The van der Waals surface area contributed by atoms with Gasteiger partial charge in [0.2, 0.25) is 0 Å². The topological polar surface area (TPSA) is 78.9 Å². The average Bonchev–Trinajstić information content (AvgIpc) is 2.17. The second-order valence-electron chi connectivity index (χ2n) is 2.75. The van der Waals surface area contributed by atoms with Gasteiger partial charge in [0.1, 0.15) is 0 Å². The zero-order chi connectivity index (χ0) is 10.1. The molecule has 0 atom stereocenters. The lowest BCUT2D eigenvalue weighted by atomic mass is 10.3. The first-order valence-electron chi connectivity index (χ1n) is 3.91. The van der Waals surface area contributed by atoms with Gasteiger partial charge < -0.3 is 10.1 Å². The van der Waals surface area contributed by atoms with Crippen LogP contribution in [0.1, 0.15) is 5.82 Å². The van der Waals surface area contributed by atoms with Gasteiger partial charge in [0.25, 0.3) is 5.56 Å². The van der Waals surface area contributed by atoms with E-state index in [-0.39, 0.29) is 17.1 Å². The van der Waals surface area contributed by atoms with Gasteiger partial charge >= 0.3 is 0 Å². The van der Waals surface area contributed by atoms with Crippen molar-refractivity contribution in [1.29, 1.82) is 0 Å². The summed E-state index contributed by atoms with van der Waals surface area (Å²) in [6.07, 6.45) is 2.96. The van der Waals surface area contributed by atoms with Gasteiger partial charge in [0, 0.05) is 6.20 Å². The maximum atomic E-state index is 11.4. The Balaban J connectivity index is 2.86. The number of aromatic amines is 1. The highest BCUT2D eigenvalue weighted by atomic mass is 16.3. The zero-order valence-electron chi connectivity index (χ0n) is 7.19. The van der Waals surface area contributed by atoms with E-state index in [1.807, 2.05) is 0 Å². The number of aliphatic hydroxyl groups excluding tert-OH is 1. The number of rotatable bonds is 1. The molecule has 0 radical (unpaired) electrons. The first-order chi connectivity index (χ1) is 6.68. The van der Waals surface area contributed by atoms with Gasteiger partial charge in [-0.1, -0.05) is 6.58 Å². The molecule has 0 aliphatic carbocycles. The van der Waals surface area contributed by atoms with Crippen molar-refractivity contribution in [3.05, 3.63) is 41.2 Å². The van der Waals surface area contributed by atoms with Crippen LogP contribution in [-0.2, 0) is 0 Å². The molecule has 2 rings (SSSR count). The molecule has 0 unspecified atom stereocenters. The minimum atomic E-state index is -0.317. The molecule has 0 spiro atoms. The summed E-state index contributed by atoms with van der Waals surface area (Å²) in [5.74, 6) is -0.205. The number of hydrogen-bond acceptors (Lipinski definition) is 4. The lowest BCUT2D eigenvalue weighted by Gasteiger charge is -1.99. The Hall–Kier alpha value is -2.17. The summed E-state index contributed by atoms with van der Waals surface area (Å²) in [5, 5.41) is 9.50. The Labute approximate surface area is 78.8 Å². The van der Waals surface area contributed by atoms with Gasteiger partial charge in [0.15, 0.2) is 11.6 Å². The van der Waals surface area contributed by atoms with Crippen LogP contribution < -0.4 is 5.56 Å². The van der Waals surface area contributed by atoms with Crippen molar-refractivity contribution in [3.8, 4) is 0 Å². The molecule has 2 N–H and O–H groups in total. The molecule has 0 bridgehead atoms. The van der Waals surface area contributed by atoms with Crippen LogP contribution in [0.5, 0.6) is 0 Å². The summed E-state index contributed by atoms with van der Waals surface area (Å²) >= 11 is 0. The van der Waals surface area contributed by atoms with E-state index in [1.165, 1.54) is 12.4 Å². The highest BCUT2D eigenvalue weighted by Crippen LogP contribution is 2.06. The van der Waals surface area contributed by atoms with Crippen LogP contribution in [0.2, 0.25) is 0 Å². The summed E-state index contributed by atoms with van der Waals surface area (Å²) in [4.78, 5) is 21.6. The molecule has 2 heterocycles. The molecule has 70 valence electrons. The van der Waals surface area contributed by atoms with E-state index in [1.54, 1.807) is 6.07 Å². The Morgan fingerprint density at radius 1 is 1.57 bits per heavy atom. The Morgan fingerprint density at radius 3 is 3.07 bits per heavy atom. The third-order valence-electron chi connectivity index (χ3n) is 1.78. The van der Waals surface area contributed by atoms with Crippen molar-refractivity contribution in [3.63, 3.8) is 0 Å². The summed E-state index contributed by atoms with van der Waals surface area (Å²) in [5.41, 5.74) is 0.115. The quantitative estimate of drug-likeness (QED) is 0.651. The number of aliphatic hydroxyl groups is 1. The Morgan fingerprint density at radius 2 is 2.36 bits per heavy atom. The molecule has 2 aromatic heterocycles. The minimum absolute atomic E-state index is 0.0653. The number of aromatic nitrogens is 3. The van der Waals surface area contributed by atoms with E-state index in [4.69, 9.17) is 5.11 Å². The van der Waals surface area contributed by atoms with Gasteiger partial charge in [-0.05, 0) is 6.07 Å². The van der Waals surface area contributed by atoms with Gasteiger partial charge in [-0.2, -0.15) is 0 Å². The minimum Gasteiger partial charge on any atom is -0.505 e. The van der Waals surface area contributed by atoms with Crippen LogP contribution in [0.3, 0.4) is 0 Å². The first-order valence-corrected chi connectivity index (χ1v) is 3.91. The number of nitrogens with zero attached hydrogens (tertiary/aromatic N) is 2. The van der Waals surface area contributed by atoms with Crippen molar-refractivity contribution in [2.24, 2.45) is 0 Å². The smallest absolute Gasteiger partial charge is 0.259 e. The summed E-state index contributed by atoms with van der Waals surface area (Å²) in [6, 6.07) is 1.56. The highest BCUT2D eigenvalue weighted by Gasteiger charge is 2.04. The van der Waals surface area contributed by atoms with Crippen molar-refractivity contribution in [2.45, 2.75) is 0 Å². The molecule has 0 fully saturated rings. The highest BCUT2D eigenvalue weighted by molar-refractivity contribution is 5.77. The number of pyridine rings is 1. The van der Waals surface area contributed by atoms with E-state index in [0.717, 1.165) is 0 Å². The SMILES string of the molecule is C=C(O)c1nc2cnccc2c(=O)[nH]1. The number of H-pyrrole nitrogens is 1. The van der Waals surface area contributed by atoms with Crippen molar-refractivity contribution >= 4 is 16.7 Å². The molecule has 0 aliphatic heterocycles. The van der Waals surface area contributed by atoms with Crippen molar-refractivity contribution in [1.82, 2.24) is 15.0 Å². The predicted molar refractivity (Wildman–Crippen MR) is 51.8 cm³/mol. The second-order valence-corrected chi connectivity index (χ2v) is 2.75. The molecule has 5 nitrogen and oxygen atoms in total. The number of nitrogens with one attached hydrogen (secondary N) is 1. The van der Waals surface area contributed by atoms with Crippen LogP contribution in [0.25, 0.3) is 16.7 Å². The molecule has 0 amide bonds. The summed E-state index contributed by atoms with van der Waals surface area (Å²) in [6.45, 7) is 3.28. The first kappa shape index (κ1) is 8.43. The van der Waals surface area contributed by atoms with Crippen LogP contribution in [0.4, 0.5) is 0 Å². The fourth-order valence-electron chi connectivity index (χ4n) is 1.13. The molecule has 0 saturated carbocycles. The van der Waals surface area contributed by atoms with Gasteiger partial charge in [-0.3, -0.25) is 9.78 Å². The van der Waals surface area contributed by atoms with Gasteiger partial charge in [0.05, 0.1) is 17.1 Å². The van der Waals surface area contributed by atoms with E-state index < -0.39 is 0 Å². The predicted octanol–water partition coefficient (Wildman–Crippen LogP) is 0.847. The van der Waals surface area contributed by atoms with Gasteiger partial charge in [-0.25, -0.2) is 4.98 Å². The fourth-order valence-corrected chi connectivity index (χ4v) is 1.13. The molecule has 0 aromatic carbocycles. The largest absolute Gasteiger partial charge is 0.505 e. The van der Waals surface area contributed by atoms with E-state index in [0.29, 0.717) is 10.9 Å². The standard InChI is InChI=1S/C9H7N3O2/c1-5(13)8-11-7-4-10-3-2-6(7)9(14)12-8/h2-4,13H,1H2,(H,11,12,14). The van der Waals surface area contributed by atoms with Crippen LogP contribution >= 0.6 is 0 Å². The second kappa shape index (κ2) is 2.95. The lowest BCUT2D eigenvalue weighted by Crippen LogP contribution is -2.11. The molecule has 14 heavy (non-hydrogen) atoms. The number of hydrogen-bond donors (Lipinski definition) is 2. The maximum Gasteiger partial charge on any atom is 0.259 e. The summed E-state index contributed by atoms with van der Waals surface area (Å²) < 4.78 is 0. The zero-order valence-corrected chi connectivity index (χ0v) is 7.19. The van der Waals surface area contributed by atoms with Crippen molar-refractivity contribution in [2.75, 3.05) is 0 Å². The van der Waals surface area contributed by atoms with E-state index in [2.05, 4.69) is 21.5 Å². The molecular formula is C9H7N3O2. The average molecular weight is 189 g/mol. The number of fused-ring (bicyclic) bond motifs is 1. The molecule has 0 saturated heterocycles. The fraction of sp³-hybridized carbons (Fsp3) is 0. The maximum absolute atomic E-state index is 11.4. The molecule has 2 aromatic rings. The monoisotopic (exact) mass is 189 g/mol. The van der Waals surface area contributed by atoms with Crippen molar-refractivity contribution < 1.29 is 5.11 Å². The third-order valence-corrected chi connectivity index (χ3v) is 1.78. The van der Waals surface area contributed by atoms with Crippen LogP contribution in [0, 0.1) is 0 Å². The normalized spacial score (nSPS) is 10.3. The van der Waals surface area contributed by atoms with Gasteiger partial charge in [-0.15, -0.1) is 0 Å². The third kappa shape index (κ3) is 1.24. The molecular weight excluding hydrogens is 182 g/mol. The Kier molecular flexibility index (Phi) is 1.78. The Bertz CT molecular complexity index is 559. The lowest BCUT2D eigenvalue weighted by molar-refractivity contribution is 0.507. The van der Waals surface area contributed by atoms with Crippen LogP contribution in [-0.4, -0.2) is 20.1 Å². The molecule has 0 aliphatic rings.